The second-order valence-electron chi connectivity index (χ2n) is 4.37. The van der Waals surface area contributed by atoms with Crippen molar-refractivity contribution in [3.63, 3.8) is 0 Å². The predicted molar refractivity (Wildman–Crippen MR) is 55.8 cm³/mol. The summed E-state index contributed by atoms with van der Waals surface area (Å²) in [6.07, 6.45) is 3.72. The van der Waals surface area contributed by atoms with Crippen LogP contribution in [-0.2, 0) is 4.79 Å². The lowest BCUT2D eigenvalue weighted by Crippen LogP contribution is -2.33. The Morgan fingerprint density at radius 1 is 1.38 bits per heavy atom. The maximum atomic E-state index is 11.8. The number of fused-ring (bicyclic) bond motifs is 1. The molecule has 0 N–H and O–H groups in total. The van der Waals surface area contributed by atoms with Crippen molar-refractivity contribution in [2.24, 2.45) is 17.8 Å². The van der Waals surface area contributed by atoms with Gasteiger partial charge in [-0.2, -0.15) is 0 Å². The predicted octanol–water partition coefficient (Wildman–Crippen LogP) is 1.89. The Balaban J connectivity index is 1.82. The number of halogens is 1. The monoisotopic (exact) mass is 245 g/mol. The van der Waals surface area contributed by atoms with Gasteiger partial charge in [-0.05, 0) is 31.1 Å². The van der Waals surface area contributed by atoms with E-state index in [1.165, 1.54) is 6.42 Å². The average Bonchev–Trinajstić information content (AvgIpc) is 2.73. The van der Waals surface area contributed by atoms with E-state index in [1.807, 2.05) is 11.9 Å². The molecule has 1 amide bonds. The highest BCUT2D eigenvalue weighted by Crippen LogP contribution is 2.54. The molecule has 13 heavy (non-hydrogen) atoms. The van der Waals surface area contributed by atoms with Gasteiger partial charge in [-0.1, -0.05) is 15.9 Å². The second-order valence-corrected chi connectivity index (χ2v) is 5.17. The smallest absolute Gasteiger partial charge is 0.225 e. The van der Waals surface area contributed by atoms with Gasteiger partial charge in [-0.15, -0.1) is 0 Å². The van der Waals surface area contributed by atoms with Crippen LogP contribution >= 0.6 is 15.9 Å². The number of rotatable bonds is 3. The van der Waals surface area contributed by atoms with Crippen LogP contribution in [0.15, 0.2) is 0 Å². The van der Waals surface area contributed by atoms with E-state index < -0.39 is 0 Å². The summed E-state index contributed by atoms with van der Waals surface area (Å²) in [7, 11) is 1.91. The zero-order valence-electron chi connectivity index (χ0n) is 8.00. The molecule has 2 aliphatic carbocycles. The molecule has 2 nitrogen and oxygen atoms in total. The number of hydrogen-bond acceptors (Lipinski definition) is 1. The van der Waals surface area contributed by atoms with Gasteiger partial charge in [-0.25, -0.2) is 0 Å². The molecule has 2 rings (SSSR count). The van der Waals surface area contributed by atoms with Crippen molar-refractivity contribution in [3.05, 3.63) is 0 Å². The van der Waals surface area contributed by atoms with Crippen LogP contribution in [0.2, 0.25) is 0 Å². The summed E-state index contributed by atoms with van der Waals surface area (Å²) in [5, 5.41) is 0.884. The number of hydrogen-bond donors (Lipinski definition) is 0. The van der Waals surface area contributed by atoms with Crippen LogP contribution in [0.5, 0.6) is 0 Å². The largest absolute Gasteiger partial charge is 0.345 e. The van der Waals surface area contributed by atoms with E-state index in [0.717, 1.165) is 36.6 Å². The molecular formula is C10H16BrNO. The first-order valence-electron chi connectivity index (χ1n) is 5.03. The minimum absolute atomic E-state index is 0.354. The van der Waals surface area contributed by atoms with Crippen molar-refractivity contribution in [2.45, 2.75) is 19.3 Å². The highest BCUT2D eigenvalue weighted by atomic mass is 79.9. The van der Waals surface area contributed by atoms with Crippen LogP contribution in [0.3, 0.4) is 0 Å². The molecular weight excluding hydrogens is 230 g/mol. The molecule has 0 heterocycles. The SMILES string of the molecule is CN(CCBr)C(=O)C1CC2CC2C1. The summed E-state index contributed by atoms with van der Waals surface area (Å²) in [5.41, 5.74) is 0. The van der Waals surface area contributed by atoms with Crippen molar-refractivity contribution >= 4 is 21.8 Å². The normalized spacial score (nSPS) is 35.7. The lowest BCUT2D eigenvalue weighted by Gasteiger charge is -2.20. The molecule has 0 aromatic heterocycles. The minimum Gasteiger partial charge on any atom is -0.345 e. The van der Waals surface area contributed by atoms with Gasteiger partial charge in [0.25, 0.3) is 0 Å². The van der Waals surface area contributed by atoms with Crippen molar-refractivity contribution in [3.8, 4) is 0 Å². The van der Waals surface area contributed by atoms with Gasteiger partial charge in [-0.3, -0.25) is 4.79 Å². The highest BCUT2D eigenvalue weighted by Gasteiger charge is 2.48. The number of alkyl halides is 1. The van der Waals surface area contributed by atoms with Gasteiger partial charge in [0.1, 0.15) is 0 Å². The van der Waals surface area contributed by atoms with E-state index in [2.05, 4.69) is 15.9 Å². The third kappa shape index (κ3) is 1.90. The molecule has 0 aliphatic heterocycles. The van der Waals surface area contributed by atoms with Gasteiger partial charge in [0.2, 0.25) is 5.91 Å². The Labute approximate surface area is 87.8 Å². The van der Waals surface area contributed by atoms with E-state index in [9.17, 15) is 4.79 Å². The Morgan fingerprint density at radius 2 is 2.00 bits per heavy atom. The summed E-state index contributed by atoms with van der Waals surface area (Å²) < 4.78 is 0. The lowest BCUT2D eigenvalue weighted by molar-refractivity contribution is -0.134. The van der Waals surface area contributed by atoms with Crippen LogP contribution in [0, 0.1) is 17.8 Å². The van der Waals surface area contributed by atoms with Crippen molar-refractivity contribution in [2.75, 3.05) is 18.9 Å². The summed E-state index contributed by atoms with van der Waals surface area (Å²) in [5.74, 6) is 2.54. The summed E-state index contributed by atoms with van der Waals surface area (Å²) in [4.78, 5) is 13.7. The van der Waals surface area contributed by atoms with Crippen LogP contribution in [0.4, 0.5) is 0 Å². The Bertz CT molecular complexity index is 209. The fourth-order valence-electron chi connectivity index (χ4n) is 2.47. The van der Waals surface area contributed by atoms with Gasteiger partial charge >= 0.3 is 0 Å². The standard InChI is InChI=1S/C10H16BrNO/c1-12(3-2-11)10(13)9-5-7-4-8(7)6-9/h7-9H,2-6H2,1H3. The fraction of sp³-hybridized carbons (Fsp3) is 0.900. The van der Waals surface area contributed by atoms with Gasteiger partial charge in [0.15, 0.2) is 0 Å². The molecule has 0 radical (unpaired) electrons. The molecule has 2 fully saturated rings. The van der Waals surface area contributed by atoms with Crippen LogP contribution in [0.25, 0.3) is 0 Å². The van der Waals surface area contributed by atoms with E-state index in [0.29, 0.717) is 11.8 Å². The van der Waals surface area contributed by atoms with E-state index in [4.69, 9.17) is 0 Å². The number of carbonyl (C=O) groups is 1. The second kappa shape index (κ2) is 3.60. The third-order valence-corrected chi connectivity index (χ3v) is 3.74. The molecule has 2 saturated carbocycles. The first kappa shape index (κ1) is 9.50. The van der Waals surface area contributed by atoms with Gasteiger partial charge in [0.05, 0.1) is 0 Å². The van der Waals surface area contributed by atoms with Crippen molar-refractivity contribution in [1.82, 2.24) is 4.90 Å². The Morgan fingerprint density at radius 3 is 2.54 bits per heavy atom. The average molecular weight is 246 g/mol. The maximum Gasteiger partial charge on any atom is 0.225 e. The summed E-state index contributed by atoms with van der Waals surface area (Å²) in [6.45, 7) is 0.838. The number of nitrogens with zero attached hydrogens (tertiary/aromatic N) is 1. The molecule has 0 saturated heterocycles. The number of carbonyl (C=O) groups excluding carboxylic acids is 1. The van der Waals surface area contributed by atoms with Crippen LogP contribution < -0.4 is 0 Å². The molecule has 3 heteroatoms. The maximum absolute atomic E-state index is 11.8. The summed E-state index contributed by atoms with van der Waals surface area (Å²) >= 11 is 3.35. The molecule has 0 spiro atoms. The fourth-order valence-corrected chi connectivity index (χ4v) is 3.00. The highest BCUT2D eigenvalue weighted by molar-refractivity contribution is 9.09. The van der Waals surface area contributed by atoms with Gasteiger partial charge in [0, 0.05) is 24.8 Å². The molecule has 2 atom stereocenters. The topological polar surface area (TPSA) is 20.3 Å². The van der Waals surface area contributed by atoms with Crippen LogP contribution in [0.1, 0.15) is 19.3 Å². The number of amides is 1. The summed E-state index contributed by atoms with van der Waals surface area (Å²) in [6, 6.07) is 0. The zero-order chi connectivity index (χ0) is 9.42. The van der Waals surface area contributed by atoms with Crippen LogP contribution in [-0.4, -0.2) is 29.7 Å². The zero-order valence-corrected chi connectivity index (χ0v) is 9.59. The van der Waals surface area contributed by atoms with Crippen molar-refractivity contribution < 1.29 is 4.79 Å². The van der Waals surface area contributed by atoms with E-state index in [1.54, 1.807) is 0 Å². The van der Waals surface area contributed by atoms with Gasteiger partial charge < -0.3 is 4.90 Å². The molecule has 0 aromatic carbocycles. The third-order valence-electron chi connectivity index (χ3n) is 3.39. The van der Waals surface area contributed by atoms with Crippen molar-refractivity contribution in [1.29, 1.82) is 0 Å². The first-order chi connectivity index (χ1) is 6.22. The Hall–Kier alpha value is -0.0500. The van der Waals surface area contributed by atoms with E-state index in [-0.39, 0.29) is 0 Å². The minimum atomic E-state index is 0.354. The molecule has 0 aromatic rings. The Kier molecular flexibility index (Phi) is 2.63. The quantitative estimate of drug-likeness (QED) is 0.696. The molecule has 0 bridgehead atoms. The van der Waals surface area contributed by atoms with E-state index >= 15 is 0 Å². The molecule has 2 unspecified atom stereocenters. The molecule has 2 aliphatic rings. The lowest BCUT2D eigenvalue weighted by atomic mass is 10.0. The first-order valence-corrected chi connectivity index (χ1v) is 6.15. The molecule has 74 valence electrons.